The molecule has 7 nitrogen and oxygen atoms in total. The van der Waals surface area contributed by atoms with Gasteiger partial charge in [-0.15, -0.1) is 0 Å². The zero-order chi connectivity index (χ0) is 17.4. The smallest absolute Gasteiger partial charge is 0.337 e. The number of hydrogen-bond acceptors (Lipinski definition) is 7. The van der Waals surface area contributed by atoms with Gasteiger partial charge in [0.15, 0.2) is 0 Å². The van der Waals surface area contributed by atoms with Gasteiger partial charge in [-0.1, -0.05) is 6.07 Å². The van der Waals surface area contributed by atoms with Crippen molar-refractivity contribution in [2.75, 3.05) is 38.0 Å². The van der Waals surface area contributed by atoms with Gasteiger partial charge in [-0.2, -0.15) is 4.98 Å². The molecule has 0 amide bonds. The van der Waals surface area contributed by atoms with Gasteiger partial charge in [0.1, 0.15) is 5.82 Å². The number of aryl methyl sites for hydroxylation is 1. The molecule has 24 heavy (non-hydrogen) atoms. The Morgan fingerprint density at radius 2 is 2.04 bits per heavy atom. The van der Waals surface area contributed by atoms with E-state index in [9.17, 15) is 4.79 Å². The van der Waals surface area contributed by atoms with Crippen molar-refractivity contribution in [3.8, 4) is 0 Å². The van der Waals surface area contributed by atoms with E-state index in [0.29, 0.717) is 23.8 Å². The maximum Gasteiger partial charge on any atom is 0.337 e. The maximum absolute atomic E-state index is 11.6. The minimum atomic E-state index is -0.385. The van der Waals surface area contributed by atoms with E-state index in [1.54, 1.807) is 25.3 Å². The number of hydrogen-bond donors (Lipinski definition) is 2. The molecule has 128 valence electrons. The molecule has 0 fully saturated rings. The normalized spacial score (nSPS) is 10.3. The van der Waals surface area contributed by atoms with Crippen molar-refractivity contribution in [2.45, 2.75) is 13.3 Å². The van der Waals surface area contributed by atoms with Gasteiger partial charge in [0.05, 0.1) is 12.7 Å². The summed E-state index contributed by atoms with van der Waals surface area (Å²) in [5.41, 5.74) is 2.02. The van der Waals surface area contributed by atoms with Gasteiger partial charge in [-0.3, -0.25) is 0 Å². The first kappa shape index (κ1) is 17.7. The zero-order valence-electron chi connectivity index (χ0n) is 14.1. The van der Waals surface area contributed by atoms with E-state index in [2.05, 4.69) is 20.6 Å². The molecule has 1 heterocycles. The summed E-state index contributed by atoms with van der Waals surface area (Å²) in [5.74, 6) is 0.820. The van der Waals surface area contributed by atoms with E-state index in [4.69, 9.17) is 9.47 Å². The van der Waals surface area contributed by atoms with Crippen LogP contribution in [0.2, 0.25) is 0 Å². The second kappa shape index (κ2) is 8.83. The SMILES string of the molecule is COCCCNc1cc(C)nc(Nc2cccc(C(=O)OC)c2)n1. The Labute approximate surface area is 141 Å². The van der Waals surface area contributed by atoms with Crippen LogP contribution in [0.4, 0.5) is 17.5 Å². The second-order valence-corrected chi connectivity index (χ2v) is 5.19. The molecule has 1 aromatic carbocycles. The van der Waals surface area contributed by atoms with E-state index >= 15 is 0 Å². The Balaban J connectivity index is 2.09. The fourth-order valence-electron chi connectivity index (χ4n) is 2.12. The molecule has 2 N–H and O–H groups in total. The molecule has 2 aromatic rings. The Kier molecular flexibility index (Phi) is 6.51. The van der Waals surface area contributed by atoms with Crippen molar-refractivity contribution < 1.29 is 14.3 Å². The molecule has 0 saturated carbocycles. The van der Waals surface area contributed by atoms with Gasteiger partial charge in [-0.05, 0) is 31.5 Å². The minimum absolute atomic E-state index is 0.385. The number of carbonyl (C=O) groups excluding carboxylic acids is 1. The summed E-state index contributed by atoms with van der Waals surface area (Å²) in [5, 5.41) is 6.35. The first-order valence-electron chi connectivity index (χ1n) is 7.66. The molecule has 0 bridgehead atoms. The Bertz CT molecular complexity index is 691. The lowest BCUT2D eigenvalue weighted by atomic mass is 10.2. The lowest BCUT2D eigenvalue weighted by molar-refractivity contribution is 0.0601. The Morgan fingerprint density at radius 1 is 1.21 bits per heavy atom. The Morgan fingerprint density at radius 3 is 2.79 bits per heavy atom. The van der Waals surface area contributed by atoms with Gasteiger partial charge in [0.25, 0.3) is 0 Å². The number of methoxy groups -OCH3 is 2. The number of nitrogens with one attached hydrogen (secondary N) is 2. The highest BCUT2D eigenvalue weighted by Crippen LogP contribution is 2.17. The standard InChI is InChI=1S/C17H22N4O3/c1-12-10-15(18-8-5-9-23-2)21-17(19-12)20-14-7-4-6-13(11-14)16(22)24-3/h4,6-7,10-11H,5,8-9H2,1-3H3,(H2,18,19,20,21). The van der Waals surface area contributed by atoms with E-state index in [-0.39, 0.29) is 5.97 Å². The van der Waals surface area contributed by atoms with Crippen LogP contribution < -0.4 is 10.6 Å². The number of anilines is 3. The van der Waals surface area contributed by atoms with Crippen LogP contribution in [0.5, 0.6) is 0 Å². The van der Waals surface area contributed by atoms with Crippen LogP contribution in [0.25, 0.3) is 0 Å². The van der Waals surface area contributed by atoms with Crippen molar-refractivity contribution in [3.05, 3.63) is 41.6 Å². The predicted molar refractivity (Wildman–Crippen MR) is 92.8 cm³/mol. The maximum atomic E-state index is 11.6. The van der Waals surface area contributed by atoms with Crippen LogP contribution in [0, 0.1) is 6.92 Å². The van der Waals surface area contributed by atoms with E-state index in [0.717, 1.165) is 24.5 Å². The van der Waals surface area contributed by atoms with Gasteiger partial charge in [-0.25, -0.2) is 9.78 Å². The number of esters is 1. The van der Waals surface area contributed by atoms with Crippen LogP contribution >= 0.6 is 0 Å². The van der Waals surface area contributed by atoms with Crippen LogP contribution in [-0.2, 0) is 9.47 Å². The molecular formula is C17H22N4O3. The highest BCUT2D eigenvalue weighted by molar-refractivity contribution is 5.90. The fourth-order valence-corrected chi connectivity index (χ4v) is 2.12. The average Bonchev–Trinajstić information content (AvgIpc) is 2.58. The fraction of sp³-hybridized carbons (Fsp3) is 0.353. The molecule has 0 spiro atoms. The summed E-state index contributed by atoms with van der Waals surface area (Å²) >= 11 is 0. The third-order valence-corrected chi connectivity index (χ3v) is 3.23. The largest absolute Gasteiger partial charge is 0.465 e. The summed E-state index contributed by atoms with van der Waals surface area (Å²) in [6.07, 6.45) is 0.892. The van der Waals surface area contributed by atoms with Crippen molar-refractivity contribution in [1.29, 1.82) is 0 Å². The molecule has 0 aliphatic heterocycles. The summed E-state index contributed by atoms with van der Waals surface area (Å²) in [4.78, 5) is 20.4. The van der Waals surface area contributed by atoms with E-state index in [1.165, 1.54) is 7.11 Å². The predicted octanol–water partition coefficient (Wildman–Crippen LogP) is 2.76. The lowest BCUT2D eigenvalue weighted by Crippen LogP contribution is -2.08. The van der Waals surface area contributed by atoms with Crippen molar-refractivity contribution >= 4 is 23.4 Å². The van der Waals surface area contributed by atoms with Gasteiger partial charge in [0, 0.05) is 37.7 Å². The molecule has 7 heteroatoms. The number of benzene rings is 1. The molecule has 0 radical (unpaired) electrons. The molecular weight excluding hydrogens is 308 g/mol. The first-order valence-corrected chi connectivity index (χ1v) is 7.66. The summed E-state index contributed by atoms with van der Waals surface area (Å²) in [6, 6.07) is 8.88. The van der Waals surface area contributed by atoms with Crippen LogP contribution in [0.1, 0.15) is 22.5 Å². The topological polar surface area (TPSA) is 85.4 Å². The van der Waals surface area contributed by atoms with Gasteiger partial charge in [0.2, 0.25) is 5.95 Å². The number of ether oxygens (including phenoxy) is 2. The van der Waals surface area contributed by atoms with Crippen LogP contribution in [0.3, 0.4) is 0 Å². The number of rotatable bonds is 8. The van der Waals surface area contributed by atoms with Crippen molar-refractivity contribution in [3.63, 3.8) is 0 Å². The molecule has 0 saturated heterocycles. The van der Waals surface area contributed by atoms with E-state index in [1.807, 2.05) is 19.1 Å². The van der Waals surface area contributed by atoms with Crippen LogP contribution in [-0.4, -0.2) is 43.3 Å². The summed E-state index contributed by atoms with van der Waals surface area (Å²) in [7, 11) is 3.03. The highest BCUT2D eigenvalue weighted by atomic mass is 16.5. The minimum Gasteiger partial charge on any atom is -0.465 e. The van der Waals surface area contributed by atoms with Crippen LogP contribution in [0.15, 0.2) is 30.3 Å². The number of nitrogens with zero attached hydrogens (tertiary/aromatic N) is 2. The third-order valence-electron chi connectivity index (χ3n) is 3.23. The molecule has 0 aliphatic carbocycles. The number of carbonyl (C=O) groups is 1. The zero-order valence-corrected chi connectivity index (χ0v) is 14.1. The van der Waals surface area contributed by atoms with Gasteiger partial charge < -0.3 is 20.1 Å². The average molecular weight is 330 g/mol. The number of aromatic nitrogens is 2. The monoisotopic (exact) mass is 330 g/mol. The van der Waals surface area contributed by atoms with Crippen molar-refractivity contribution in [1.82, 2.24) is 9.97 Å². The first-order chi connectivity index (χ1) is 11.6. The summed E-state index contributed by atoms with van der Waals surface area (Å²) < 4.78 is 9.75. The van der Waals surface area contributed by atoms with Crippen molar-refractivity contribution in [2.24, 2.45) is 0 Å². The molecule has 0 unspecified atom stereocenters. The molecule has 1 aromatic heterocycles. The molecule has 0 aliphatic rings. The Hall–Kier alpha value is -2.67. The molecule has 0 atom stereocenters. The molecule has 2 rings (SSSR count). The quantitative estimate of drug-likeness (QED) is 0.568. The second-order valence-electron chi connectivity index (χ2n) is 5.19. The lowest BCUT2D eigenvalue weighted by Gasteiger charge is -2.10. The van der Waals surface area contributed by atoms with Gasteiger partial charge >= 0.3 is 5.97 Å². The summed E-state index contributed by atoms with van der Waals surface area (Å²) in [6.45, 7) is 3.36. The van der Waals surface area contributed by atoms with E-state index < -0.39 is 0 Å². The highest BCUT2D eigenvalue weighted by Gasteiger charge is 2.07. The third kappa shape index (κ3) is 5.20.